The number of hydrogen-bond acceptors (Lipinski definition) is 3. The minimum absolute atomic E-state index is 0.153. The summed E-state index contributed by atoms with van der Waals surface area (Å²) in [6.45, 7) is 3.65. The van der Waals surface area contributed by atoms with Gasteiger partial charge >= 0.3 is 5.97 Å². The van der Waals surface area contributed by atoms with Gasteiger partial charge in [0.05, 0.1) is 6.42 Å². The van der Waals surface area contributed by atoms with Gasteiger partial charge in [-0.3, -0.25) is 9.59 Å². The van der Waals surface area contributed by atoms with Gasteiger partial charge in [-0.15, -0.1) is 0 Å². The van der Waals surface area contributed by atoms with Gasteiger partial charge in [0.2, 0.25) is 5.78 Å². The Labute approximate surface area is 148 Å². The average molecular weight is 339 g/mol. The van der Waals surface area contributed by atoms with Gasteiger partial charge in [0, 0.05) is 24.0 Å². The first-order valence-corrected chi connectivity index (χ1v) is 8.88. The molecular weight excluding hydrogens is 314 g/mol. The zero-order valence-corrected chi connectivity index (χ0v) is 15.2. The van der Waals surface area contributed by atoms with Crippen LogP contribution in [0, 0.1) is 13.8 Å². The Balaban J connectivity index is 1.57. The van der Waals surface area contributed by atoms with Crippen molar-refractivity contribution in [3.05, 3.63) is 57.9 Å². The maximum Gasteiger partial charge on any atom is 0.310 e. The number of benzene rings is 1. The summed E-state index contributed by atoms with van der Waals surface area (Å²) in [7, 11) is 1.92. The lowest BCUT2D eigenvalue weighted by molar-refractivity contribution is -0.141. The van der Waals surface area contributed by atoms with Crippen LogP contribution in [0.5, 0.6) is 0 Å². The third-order valence-corrected chi connectivity index (χ3v) is 5.20. The maximum absolute atomic E-state index is 12.3. The lowest BCUT2D eigenvalue weighted by Crippen LogP contribution is -2.16. The predicted octanol–water partition coefficient (Wildman–Crippen LogP) is 3.49. The van der Waals surface area contributed by atoms with Gasteiger partial charge in [-0.05, 0) is 62.3 Å². The molecule has 0 fully saturated rings. The molecule has 4 nitrogen and oxygen atoms in total. The number of fused-ring (bicyclic) bond motifs is 1. The van der Waals surface area contributed by atoms with Crippen LogP contribution >= 0.6 is 0 Å². The fraction of sp³-hybridized carbons (Fsp3) is 0.429. The predicted molar refractivity (Wildman–Crippen MR) is 97.0 cm³/mol. The highest BCUT2D eigenvalue weighted by Gasteiger charge is 2.17. The number of ether oxygens (including phenoxy) is 1. The first-order chi connectivity index (χ1) is 12.0. The lowest BCUT2D eigenvalue weighted by Gasteiger charge is -2.16. The normalized spacial score (nSPS) is 13.4. The van der Waals surface area contributed by atoms with E-state index in [1.54, 1.807) is 0 Å². The number of nitrogens with zero attached hydrogens (tertiary/aromatic N) is 1. The molecule has 132 valence electrons. The van der Waals surface area contributed by atoms with Gasteiger partial charge in [0.1, 0.15) is 0 Å². The summed E-state index contributed by atoms with van der Waals surface area (Å²) in [5, 5.41) is 0. The van der Waals surface area contributed by atoms with E-state index in [9.17, 15) is 9.59 Å². The van der Waals surface area contributed by atoms with Gasteiger partial charge in [0.25, 0.3) is 0 Å². The van der Waals surface area contributed by atoms with Crippen LogP contribution in [-0.2, 0) is 35.8 Å². The molecule has 0 saturated carbocycles. The number of esters is 1. The van der Waals surface area contributed by atoms with E-state index in [2.05, 4.69) is 12.1 Å². The van der Waals surface area contributed by atoms with E-state index in [1.165, 1.54) is 24.0 Å². The Hall–Kier alpha value is -2.36. The summed E-state index contributed by atoms with van der Waals surface area (Å²) < 4.78 is 7.17. The molecule has 1 aliphatic rings. The highest BCUT2D eigenvalue weighted by Crippen LogP contribution is 2.22. The Morgan fingerprint density at radius 2 is 1.80 bits per heavy atom. The molecule has 0 saturated heterocycles. The quantitative estimate of drug-likeness (QED) is 0.619. The van der Waals surface area contributed by atoms with Gasteiger partial charge in [0.15, 0.2) is 6.61 Å². The smallest absolute Gasteiger partial charge is 0.310 e. The van der Waals surface area contributed by atoms with E-state index < -0.39 is 0 Å². The average Bonchev–Trinajstić information content (AvgIpc) is 2.87. The summed E-state index contributed by atoms with van der Waals surface area (Å²) >= 11 is 0. The van der Waals surface area contributed by atoms with E-state index in [0.29, 0.717) is 5.56 Å². The largest absolute Gasteiger partial charge is 0.457 e. The van der Waals surface area contributed by atoms with Crippen LogP contribution < -0.4 is 0 Å². The molecule has 0 aliphatic heterocycles. The molecular formula is C21H25NO3. The van der Waals surface area contributed by atoms with Crippen molar-refractivity contribution in [2.75, 3.05) is 6.61 Å². The van der Waals surface area contributed by atoms with Crippen LogP contribution in [0.2, 0.25) is 0 Å². The number of ketones is 1. The highest BCUT2D eigenvalue weighted by atomic mass is 16.5. The van der Waals surface area contributed by atoms with Crippen LogP contribution in [0.25, 0.3) is 0 Å². The number of aromatic nitrogens is 1. The number of Topliss-reactive ketones (excluding diaryl/α,β-unsaturated/α-hetero) is 1. The Bertz CT molecular complexity index is 817. The molecule has 25 heavy (non-hydrogen) atoms. The number of carbonyl (C=O) groups is 2. The lowest BCUT2D eigenvalue weighted by atomic mass is 9.90. The number of carbonyl (C=O) groups excluding carboxylic acids is 2. The minimum atomic E-state index is -0.352. The standard InChI is InChI=1S/C21H25NO3/c1-14-10-19(15(2)22(14)3)20(23)13-25-21(24)12-16-8-9-17-6-4-5-7-18(17)11-16/h8-11H,4-7,12-13H2,1-3H3. The van der Waals surface area contributed by atoms with Crippen LogP contribution in [0.1, 0.15) is 51.3 Å². The molecule has 0 atom stereocenters. The van der Waals surface area contributed by atoms with E-state index in [4.69, 9.17) is 4.74 Å². The molecule has 0 radical (unpaired) electrons. The molecule has 2 aromatic rings. The monoisotopic (exact) mass is 339 g/mol. The van der Waals surface area contributed by atoms with Crippen molar-refractivity contribution in [1.82, 2.24) is 4.57 Å². The molecule has 0 N–H and O–H groups in total. The molecule has 4 heteroatoms. The topological polar surface area (TPSA) is 48.3 Å². The summed E-state index contributed by atoms with van der Waals surface area (Å²) in [5.41, 5.74) is 6.25. The second-order valence-corrected chi connectivity index (χ2v) is 6.91. The summed E-state index contributed by atoms with van der Waals surface area (Å²) in [4.78, 5) is 24.4. The van der Waals surface area contributed by atoms with Crippen molar-refractivity contribution >= 4 is 11.8 Å². The van der Waals surface area contributed by atoms with Crippen molar-refractivity contribution in [2.45, 2.75) is 46.0 Å². The van der Waals surface area contributed by atoms with Gasteiger partial charge < -0.3 is 9.30 Å². The van der Waals surface area contributed by atoms with Crippen LogP contribution in [0.15, 0.2) is 24.3 Å². The van der Waals surface area contributed by atoms with E-state index in [0.717, 1.165) is 29.8 Å². The molecule has 0 bridgehead atoms. The zero-order chi connectivity index (χ0) is 18.0. The van der Waals surface area contributed by atoms with Crippen LogP contribution in [0.3, 0.4) is 0 Å². The SMILES string of the molecule is Cc1cc(C(=O)COC(=O)Cc2ccc3c(c2)CCCC3)c(C)n1C. The number of rotatable bonds is 5. The van der Waals surface area contributed by atoms with E-state index in [-0.39, 0.29) is 24.8 Å². The van der Waals surface area contributed by atoms with Crippen LogP contribution in [-0.4, -0.2) is 22.9 Å². The van der Waals surface area contributed by atoms with E-state index >= 15 is 0 Å². The van der Waals surface area contributed by atoms with Crippen molar-refractivity contribution in [1.29, 1.82) is 0 Å². The number of hydrogen-bond donors (Lipinski definition) is 0. The number of aryl methyl sites for hydroxylation is 3. The molecule has 1 aromatic heterocycles. The van der Waals surface area contributed by atoms with Crippen molar-refractivity contribution in [3.63, 3.8) is 0 Å². The maximum atomic E-state index is 12.3. The van der Waals surface area contributed by atoms with E-state index in [1.807, 2.05) is 37.6 Å². The van der Waals surface area contributed by atoms with Gasteiger partial charge in [-0.25, -0.2) is 0 Å². The molecule has 1 aromatic carbocycles. The fourth-order valence-electron chi connectivity index (χ4n) is 3.48. The Morgan fingerprint density at radius 1 is 1.08 bits per heavy atom. The zero-order valence-electron chi connectivity index (χ0n) is 15.2. The first-order valence-electron chi connectivity index (χ1n) is 8.88. The third-order valence-electron chi connectivity index (χ3n) is 5.20. The fourth-order valence-corrected chi connectivity index (χ4v) is 3.48. The molecule has 3 rings (SSSR count). The third kappa shape index (κ3) is 3.84. The second-order valence-electron chi connectivity index (χ2n) is 6.91. The minimum Gasteiger partial charge on any atom is -0.457 e. The van der Waals surface area contributed by atoms with Crippen molar-refractivity contribution < 1.29 is 14.3 Å². The summed E-state index contributed by atoms with van der Waals surface area (Å²) in [6, 6.07) is 8.08. The summed E-state index contributed by atoms with van der Waals surface area (Å²) in [5.74, 6) is -0.505. The molecule has 0 amide bonds. The molecule has 1 aliphatic carbocycles. The van der Waals surface area contributed by atoms with Crippen molar-refractivity contribution in [2.24, 2.45) is 7.05 Å². The van der Waals surface area contributed by atoms with Gasteiger partial charge in [-0.1, -0.05) is 18.2 Å². The Kier molecular flexibility index (Phi) is 5.07. The Morgan fingerprint density at radius 3 is 2.48 bits per heavy atom. The summed E-state index contributed by atoms with van der Waals surface area (Å²) in [6.07, 6.45) is 4.89. The van der Waals surface area contributed by atoms with Crippen molar-refractivity contribution in [3.8, 4) is 0 Å². The second kappa shape index (κ2) is 7.26. The van der Waals surface area contributed by atoms with Crippen LogP contribution in [0.4, 0.5) is 0 Å². The molecule has 0 spiro atoms. The van der Waals surface area contributed by atoms with Gasteiger partial charge in [-0.2, -0.15) is 0 Å². The highest BCUT2D eigenvalue weighted by molar-refractivity contribution is 5.99. The molecule has 0 unspecified atom stereocenters. The molecule has 1 heterocycles. The first kappa shape index (κ1) is 17.5.